The van der Waals surface area contributed by atoms with Crippen molar-refractivity contribution >= 4 is 5.97 Å². The first kappa shape index (κ1) is 18.5. The number of rotatable bonds is 12. The Kier molecular flexibility index (Phi) is 11.5. The number of unbranched alkanes of at least 4 members (excludes halogenated alkanes) is 8. The lowest BCUT2D eigenvalue weighted by atomic mass is 10.1. The molecule has 1 aliphatic rings. The van der Waals surface area contributed by atoms with Crippen LogP contribution in [-0.4, -0.2) is 32.2 Å². The van der Waals surface area contributed by atoms with Crippen molar-refractivity contribution in [3.8, 4) is 0 Å². The van der Waals surface area contributed by atoms with Gasteiger partial charge in [0, 0.05) is 6.92 Å². The van der Waals surface area contributed by atoms with Gasteiger partial charge in [-0.25, -0.2) is 0 Å². The lowest BCUT2D eigenvalue weighted by Gasteiger charge is -2.23. The molecule has 3 heteroatoms. The number of carbonyl (C=O) groups excluding carboxylic acids is 1. The zero-order valence-corrected chi connectivity index (χ0v) is 14.1. The van der Waals surface area contributed by atoms with Crippen LogP contribution in [-0.2, 0) is 9.53 Å². The van der Waals surface area contributed by atoms with Gasteiger partial charge in [-0.3, -0.25) is 4.79 Å². The molecule has 0 amide bonds. The smallest absolute Gasteiger partial charge is 0.302 e. The second-order valence-corrected chi connectivity index (χ2v) is 6.58. The topological polar surface area (TPSA) is 30.7 Å². The highest BCUT2D eigenvalue weighted by Gasteiger charge is 2.11. The van der Waals surface area contributed by atoms with Gasteiger partial charge in [0.2, 0.25) is 0 Å². The molecule has 1 aliphatic heterocycles. The number of carbonyl (C=O) groups is 1. The van der Waals surface area contributed by atoms with Crippen molar-refractivity contribution < 1.29 is 14.4 Å². The van der Waals surface area contributed by atoms with Gasteiger partial charge in [0.15, 0.2) is 0 Å². The van der Waals surface area contributed by atoms with Crippen LogP contribution in [0.5, 0.6) is 0 Å². The molecule has 0 aromatic heterocycles. The van der Waals surface area contributed by atoms with Crippen molar-refractivity contribution in [3.05, 3.63) is 0 Å². The monoisotopic (exact) mass is 298 g/mol. The van der Waals surface area contributed by atoms with E-state index < -0.39 is 0 Å². The molecule has 0 unspecified atom stereocenters. The summed E-state index contributed by atoms with van der Waals surface area (Å²) >= 11 is 0. The van der Waals surface area contributed by atoms with Crippen molar-refractivity contribution in [1.82, 2.24) is 0 Å². The zero-order chi connectivity index (χ0) is 15.2. The largest absolute Gasteiger partial charge is 0.466 e. The Morgan fingerprint density at radius 3 is 1.90 bits per heavy atom. The average Bonchev–Trinajstić information content (AvgIpc) is 2.49. The molecule has 0 radical (unpaired) electrons. The minimum Gasteiger partial charge on any atom is -0.466 e. The summed E-state index contributed by atoms with van der Waals surface area (Å²) in [5.41, 5.74) is 0. The lowest BCUT2D eigenvalue weighted by molar-refractivity contribution is -0.905. The van der Waals surface area contributed by atoms with Gasteiger partial charge in [-0.1, -0.05) is 38.5 Å². The highest BCUT2D eigenvalue weighted by atomic mass is 16.5. The molecule has 21 heavy (non-hydrogen) atoms. The quantitative estimate of drug-likeness (QED) is 0.443. The fraction of sp³-hybridized carbons (Fsp3) is 0.944. The van der Waals surface area contributed by atoms with Crippen LogP contribution in [0, 0.1) is 0 Å². The number of ether oxygens (including phenoxy) is 1. The van der Waals surface area contributed by atoms with E-state index in [1.54, 1.807) is 0 Å². The maximum Gasteiger partial charge on any atom is 0.302 e. The molecule has 0 aromatic rings. The first-order valence-corrected chi connectivity index (χ1v) is 9.26. The van der Waals surface area contributed by atoms with Crippen molar-refractivity contribution in [2.45, 2.75) is 84.0 Å². The van der Waals surface area contributed by atoms with Gasteiger partial charge >= 0.3 is 5.97 Å². The molecule has 1 rings (SSSR count). The second kappa shape index (κ2) is 13.1. The number of quaternary nitrogens is 1. The van der Waals surface area contributed by atoms with E-state index in [2.05, 4.69) is 0 Å². The van der Waals surface area contributed by atoms with Crippen LogP contribution in [0.2, 0.25) is 0 Å². The van der Waals surface area contributed by atoms with Gasteiger partial charge < -0.3 is 9.64 Å². The third kappa shape index (κ3) is 11.7. The number of esters is 1. The zero-order valence-electron chi connectivity index (χ0n) is 14.1. The van der Waals surface area contributed by atoms with Gasteiger partial charge in [-0.05, 0) is 38.5 Å². The van der Waals surface area contributed by atoms with Gasteiger partial charge in [-0.15, -0.1) is 0 Å². The SMILES string of the molecule is CC(=O)OCCCCCCCCCCC[NH+]1CCCCC1. The molecular formula is C18H36NO2+. The predicted octanol–water partition coefficient (Wildman–Crippen LogP) is 3.13. The van der Waals surface area contributed by atoms with E-state index in [9.17, 15) is 4.79 Å². The molecule has 0 saturated carbocycles. The Labute approximate surface area is 131 Å². The molecule has 1 N–H and O–H groups in total. The average molecular weight is 298 g/mol. The van der Waals surface area contributed by atoms with E-state index in [4.69, 9.17) is 4.74 Å². The van der Waals surface area contributed by atoms with Crippen molar-refractivity contribution in [2.24, 2.45) is 0 Å². The Morgan fingerprint density at radius 2 is 1.33 bits per heavy atom. The minimum absolute atomic E-state index is 0.151. The number of likely N-dealkylation sites (tertiary alicyclic amines) is 1. The van der Waals surface area contributed by atoms with Crippen LogP contribution in [0.15, 0.2) is 0 Å². The van der Waals surface area contributed by atoms with Crippen molar-refractivity contribution in [2.75, 3.05) is 26.2 Å². The van der Waals surface area contributed by atoms with Gasteiger partial charge in [0.25, 0.3) is 0 Å². The van der Waals surface area contributed by atoms with Crippen LogP contribution >= 0.6 is 0 Å². The Morgan fingerprint density at radius 1 is 0.810 bits per heavy atom. The fourth-order valence-corrected chi connectivity index (χ4v) is 3.23. The highest BCUT2D eigenvalue weighted by Crippen LogP contribution is 2.09. The van der Waals surface area contributed by atoms with E-state index in [0.29, 0.717) is 6.61 Å². The predicted molar refractivity (Wildman–Crippen MR) is 87.6 cm³/mol. The molecule has 0 spiro atoms. The fourth-order valence-electron chi connectivity index (χ4n) is 3.23. The first-order valence-electron chi connectivity index (χ1n) is 9.26. The Balaban J connectivity index is 1.71. The number of nitrogens with one attached hydrogen (secondary N) is 1. The first-order chi connectivity index (χ1) is 10.3. The molecule has 0 aromatic carbocycles. The van der Waals surface area contributed by atoms with Gasteiger partial charge in [-0.2, -0.15) is 0 Å². The maximum absolute atomic E-state index is 10.6. The molecule has 3 nitrogen and oxygen atoms in total. The highest BCUT2D eigenvalue weighted by molar-refractivity contribution is 5.65. The van der Waals surface area contributed by atoms with E-state index in [-0.39, 0.29) is 5.97 Å². The molecule has 1 fully saturated rings. The summed E-state index contributed by atoms with van der Waals surface area (Å²) in [6, 6.07) is 0. The standard InChI is InChI=1S/C18H35NO2/c1-18(20)21-17-13-8-6-4-2-3-5-7-10-14-19-15-11-9-12-16-19/h2-17H2,1H3/p+1. The van der Waals surface area contributed by atoms with Crippen molar-refractivity contribution in [3.63, 3.8) is 0 Å². The molecule has 1 saturated heterocycles. The van der Waals surface area contributed by atoms with E-state index in [1.165, 1.54) is 97.2 Å². The molecule has 0 atom stereocenters. The molecule has 0 aliphatic carbocycles. The number of hydrogen-bond donors (Lipinski definition) is 1. The number of hydrogen-bond acceptors (Lipinski definition) is 2. The molecule has 0 bridgehead atoms. The normalized spacial score (nSPS) is 16.0. The van der Waals surface area contributed by atoms with Crippen LogP contribution in [0.1, 0.15) is 84.0 Å². The summed E-state index contributed by atoms with van der Waals surface area (Å²) in [5.74, 6) is -0.151. The Hall–Kier alpha value is -0.570. The molecule has 1 heterocycles. The lowest BCUT2D eigenvalue weighted by Crippen LogP contribution is -3.12. The summed E-state index contributed by atoms with van der Waals surface area (Å²) in [6.07, 6.45) is 16.3. The van der Waals surface area contributed by atoms with Crippen LogP contribution < -0.4 is 4.90 Å². The van der Waals surface area contributed by atoms with Gasteiger partial charge in [0.1, 0.15) is 0 Å². The maximum atomic E-state index is 10.6. The summed E-state index contributed by atoms with van der Waals surface area (Å²) in [7, 11) is 0. The number of piperidine rings is 1. The molecule has 124 valence electrons. The Bertz CT molecular complexity index is 250. The van der Waals surface area contributed by atoms with Crippen LogP contribution in [0.3, 0.4) is 0 Å². The summed E-state index contributed by atoms with van der Waals surface area (Å²) < 4.78 is 4.92. The second-order valence-electron chi connectivity index (χ2n) is 6.58. The third-order valence-electron chi connectivity index (χ3n) is 4.54. The van der Waals surface area contributed by atoms with Crippen molar-refractivity contribution in [1.29, 1.82) is 0 Å². The summed E-state index contributed by atoms with van der Waals surface area (Å²) in [6.45, 7) is 6.35. The van der Waals surface area contributed by atoms with Crippen LogP contribution in [0.4, 0.5) is 0 Å². The van der Waals surface area contributed by atoms with Crippen LogP contribution in [0.25, 0.3) is 0 Å². The summed E-state index contributed by atoms with van der Waals surface area (Å²) in [4.78, 5) is 12.4. The van der Waals surface area contributed by atoms with E-state index >= 15 is 0 Å². The van der Waals surface area contributed by atoms with E-state index in [0.717, 1.165) is 6.42 Å². The van der Waals surface area contributed by atoms with E-state index in [1.807, 2.05) is 4.90 Å². The molecular weight excluding hydrogens is 262 g/mol. The minimum atomic E-state index is -0.151. The third-order valence-corrected chi connectivity index (χ3v) is 4.54. The summed E-state index contributed by atoms with van der Waals surface area (Å²) in [5, 5.41) is 0. The van der Waals surface area contributed by atoms with Gasteiger partial charge in [0.05, 0.1) is 26.2 Å².